The van der Waals surface area contributed by atoms with Gasteiger partial charge in [-0.15, -0.1) is 0 Å². The summed E-state index contributed by atoms with van der Waals surface area (Å²) in [6, 6.07) is 0. The van der Waals surface area contributed by atoms with Crippen molar-refractivity contribution in [1.82, 2.24) is 14.5 Å². The van der Waals surface area contributed by atoms with Crippen molar-refractivity contribution < 1.29 is 19.9 Å². The molecule has 2 rings (SSSR count). The molecule has 1 aromatic rings. The molecule has 0 bridgehead atoms. The van der Waals surface area contributed by atoms with Gasteiger partial charge in [-0.25, -0.2) is 4.98 Å². The highest BCUT2D eigenvalue weighted by Crippen LogP contribution is 2.29. The summed E-state index contributed by atoms with van der Waals surface area (Å²) in [4.78, 5) is 17.8. The monoisotopic (exact) mass is 295 g/mol. The van der Waals surface area contributed by atoms with Crippen LogP contribution in [0.15, 0.2) is 12.4 Å². The van der Waals surface area contributed by atoms with Gasteiger partial charge in [-0.3, -0.25) is 9.69 Å². The highest BCUT2D eigenvalue weighted by Gasteiger charge is 2.37. The fraction of sp³-hybridized carbons (Fsp3) is 0.692. The molecule has 1 fully saturated rings. The van der Waals surface area contributed by atoms with Crippen LogP contribution in [0.4, 0.5) is 0 Å². The minimum Gasteiger partial charge on any atom is -0.481 e. The van der Waals surface area contributed by atoms with Gasteiger partial charge in [0.1, 0.15) is 5.82 Å². The largest absolute Gasteiger partial charge is 0.481 e. The molecule has 8 heteroatoms. The minimum atomic E-state index is -1.31. The van der Waals surface area contributed by atoms with Gasteiger partial charge in [-0.2, -0.15) is 0 Å². The molecule has 0 aliphatic carbocycles. The van der Waals surface area contributed by atoms with E-state index in [9.17, 15) is 9.90 Å². The van der Waals surface area contributed by atoms with Crippen LogP contribution in [0.1, 0.15) is 18.7 Å². The van der Waals surface area contributed by atoms with Crippen molar-refractivity contribution in [3.05, 3.63) is 18.2 Å². The number of nitrogens with zero attached hydrogens (tertiary/aromatic N) is 3. The number of imidazole rings is 1. The van der Waals surface area contributed by atoms with Gasteiger partial charge in [0, 0.05) is 32.5 Å². The molecule has 0 saturated carbocycles. The van der Waals surface area contributed by atoms with Crippen LogP contribution in [0.3, 0.4) is 0 Å². The van der Waals surface area contributed by atoms with Gasteiger partial charge < -0.3 is 19.7 Å². The second-order valence-corrected chi connectivity index (χ2v) is 5.76. The molecule has 1 aliphatic heterocycles. The summed E-state index contributed by atoms with van der Waals surface area (Å²) in [5, 5.41) is 27.1. The first-order valence-electron chi connectivity index (χ1n) is 7.25. The van der Waals surface area contributed by atoms with Crippen LogP contribution in [-0.4, -0.2) is 55.8 Å². The Labute approximate surface area is 124 Å². The lowest BCUT2D eigenvalue weighted by Gasteiger charge is -2.15. The molecule has 116 valence electrons. The Morgan fingerprint density at radius 2 is 2.24 bits per heavy atom. The predicted molar refractivity (Wildman–Crippen MR) is 77.3 cm³/mol. The Bertz CT molecular complexity index is 480. The number of carboxylic acid groups (broad SMARTS) is 1. The van der Waals surface area contributed by atoms with Crippen molar-refractivity contribution in [1.29, 1.82) is 0 Å². The zero-order valence-electron chi connectivity index (χ0n) is 12.2. The van der Waals surface area contributed by atoms with Crippen molar-refractivity contribution in [2.45, 2.75) is 25.7 Å². The fourth-order valence-electron chi connectivity index (χ4n) is 2.97. The maximum Gasteiger partial charge on any atom is 0.451 e. The third kappa shape index (κ3) is 4.29. The molecule has 2 atom stereocenters. The van der Waals surface area contributed by atoms with E-state index in [-0.39, 0.29) is 11.8 Å². The molecule has 2 heterocycles. The first-order chi connectivity index (χ1) is 9.97. The van der Waals surface area contributed by atoms with E-state index in [1.54, 1.807) is 6.20 Å². The Morgan fingerprint density at radius 1 is 1.48 bits per heavy atom. The van der Waals surface area contributed by atoms with Gasteiger partial charge in [0.05, 0.1) is 12.5 Å². The summed E-state index contributed by atoms with van der Waals surface area (Å²) in [6.07, 6.45) is 5.23. The van der Waals surface area contributed by atoms with E-state index in [0.717, 1.165) is 5.82 Å². The van der Waals surface area contributed by atoms with Crippen LogP contribution in [0.5, 0.6) is 0 Å². The van der Waals surface area contributed by atoms with Gasteiger partial charge in [0.25, 0.3) is 0 Å². The molecule has 1 aromatic heterocycles. The van der Waals surface area contributed by atoms with E-state index >= 15 is 0 Å². The molecule has 3 N–H and O–H groups in total. The van der Waals surface area contributed by atoms with Gasteiger partial charge >= 0.3 is 13.1 Å². The average molecular weight is 295 g/mol. The maximum absolute atomic E-state index is 11.4. The van der Waals surface area contributed by atoms with Crippen LogP contribution in [0, 0.1) is 11.8 Å². The summed E-state index contributed by atoms with van der Waals surface area (Å²) in [5.74, 6) is -0.180. The standard InChI is InChI=1S/C13H22BN3O4/c1-16-6-5-15-12(16)9-17-7-10(3-2-4-14(20)21)11(8-17)13(18)19/h5-6,10-11,20-21H,2-4,7-9H2,1H3,(H,18,19). The highest BCUT2D eigenvalue weighted by molar-refractivity contribution is 6.40. The summed E-state index contributed by atoms with van der Waals surface area (Å²) in [6.45, 7) is 1.88. The minimum absolute atomic E-state index is 0.0570. The van der Waals surface area contributed by atoms with Crippen LogP contribution in [-0.2, 0) is 18.4 Å². The molecule has 0 radical (unpaired) electrons. The number of hydrogen-bond acceptors (Lipinski definition) is 5. The number of likely N-dealkylation sites (tertiary alicyclic amines) is 1. The fourth-order valence-corrected chi connectivity index (χ4v) is 2.97. The summed E-state index contributed by atoms with van der Waals surface area (Å²) in [5.41, 5.74) is 0. The van der Waals surface area contributed by atoms with Crippen LogP contribution < -0.4 is 0 Å². The molecular weight excluding hydrogens is 273 g/mol. The number of carbonyl (C=O) groups is 1. The Hall–Kier alpha value is -1.38. The molecule has 0 amide bonds. The van der Waals surface area contributed by atoms with Gasteiger partial charge in [0.2, 0.25) is 0 Å². The molecular formula is C13H22BN3O4. The maximum atomic E-state index is 11.4. The molecule has 7 nitrogen and oxygen atoms in total. The predicted octanol–water partition coefficient (Wildman–Crippen LogP) is -0.194. The quantitative estimate of drug-likeness (QED) is 0.603. The van der Waals surface area contributed by atoms with Gasteiger partial charge in [0.15, 0.2) is 0 Å². The van der Waals surface area contributed by atoms with E-state index in [0.29, 0.717) is 38.8 Å². The zero-order valence-corrected chi connectivity index (χ0v) is 12.2. The second-order valence-electron chi connectivity index (χ2n) is 5.76. The number of carboxylic acids is 1. The van der Waals surface area contributed by atoms with Crippen LogP contribution in [0.25, 0.3) is 0 Å². The van der Waals surface area contributed by atoms with Crippen molar-refractivity contribution in [2.75, 3.05) is 13.1 Å². The highest BCUT2D eigenvalue weighted by atomic mass is 16.4. The number of rotatable bonds is 7. The molecule has 0 aromatic carbocycles. The number of aliphatic carboxylic acids is 1. The Morgan fingerprint density at radius 3 is 2.81 bits per heavy atom. The Balaban J connectivity index is 1.91. The first kappa shape index (κ1) is 16.0. The van der Waals surface area contributed by atoms with Gasteiger partial charge in [-0.05, 0) is 18.7 Å². The van der Waals surface area contributed by atoms with Crippen molar-refractivity contribution >= 4 is 13.1 Å². The molecule has 0 spiro atoms. The van der Waals surface area contributed by atoms with Crippen LogP contribution in [0.2, 0.25) is 6.32 Å². The van der Waals surface area contributed by atoms with E-state index < -0.39 is 13.1 Å². The molecule has 1 saturated heterocycles. The summed E-state index contributed by atoms with van der Waals surface area (Å²) in [7, 11) is 0.617. The van der Waals surface area contributed by atoms with E-state index in [2.05, 4.69) is 9.88 Å². The summed E-state index contributed by atoms with van der Waals surface area (Å²) >= 11 is 0. The smallest absolute Gasteiger partial charge is 0.451 e. The first-order valence-corrected chi connectivity index (χ1v) is 7.25. The number of aryl methyl sites for hydroxylation is 1. The average Bonchev–Trinajstić information content (AvgIpc) is 2.97. The van der Waals surface area contributed by atoms with Crippen LogP contribution >= 0.6 is 0 Å². The SMILES string of the molecule is Cn1ccnc1CN1CC(CCCB(O)O)C(C(=O)O)C1. The summed E-state index contributed by atoms with van der Waals surface area (Å²) < 4.78 is 1.94. The molecule has 21 heavy (non-hydrogen) atoms. The Kier molecular flexibility index (Phi) is 5.38. The topological polar surface area (TPSA) is 98.8 Å². The molecule has 2 unspecified atom stereocenters. The van der Waals surface area contributed by atoms with E-state index in [1.165, 1.54) is 0 Å². The lowest BCUT2D eigenvalue weighted by Crippen LogP contribution is -2.24. The van der Waals surface area contributed by atoms with Crippen molar-refractivity contribution in [3.63, 3.8) is 0 Å². The third-order valence-electron chi connectivity index (χ3n) is 4.16. The second kappa shape index (κ2) is 7.06. The lowest BCUT2D eigenvalue weighted by molar-refractivity contribution is -0.142. The zero-order chi connectivity index (χ0) is 15.4. The molecule has 1 aliphatic rings. The van der Waals surface area contributed by atoms with Gasteiger partial charge in [-0.1, -0.05) is 6.42 Å². The normalized spacial score (nSPS) is 22.6. The number of hydrogen-bond donors (Lipinski definition) is 3. The number of aromatic nitrogens is 2. The third-order valence-corrected chi connectivity index (χ3v) is 4.16. The van der Waals surface area contributed by atoms with Crippen molar-refractivity contribution in [2.24, 2.45) is 18.9 Å². The van der Waals surface area contributed by atoms with Crippen molar-refractivity contribution in [3.8, 4) is 0 Å². The van der Waals surface area contributed by atoms with E-state index in [4.69, 9.17) is 10.0 Å². The van der Waals surface area contributed by atoms with E-state index in [1.807, 2.05) is 17.8 Å². The lowest BCUT2D eigenvalue weighted by atomic mass is 9.80.